The van der Waals surface area contributed by atoms with Gasteiger partial charge in [0, 0.05) is 0 Å². The zero-order valence-corrected chi connectivity index (χ0v) is 10.3. The summed E-state index contributed by atoms with van der Waals surface area (Å²) in [5.41, 5.74) is 1.74. The minimum absolute atomic E-state index is 0.164. The van der Waals surface area contributed by atoms with Crippen molar-refractivity contribution < 1.29 is 10.4 Å². The topological polar surface area (TPSA) is 43.7 Å². The standard InChI is InChI=1S/C14H21NO2/c1-2-11-3-5-12(6-4-11)13-7-9-14(10-8-13)15(16)17/h7-12,16-17H,2-6H2,1H3/t11-,12-. The van der Waals surface area contributed by atoms with Crippen LogP contribution in [-0.2, 0) is 0 Å². The third kappa shape index (κ3) is 2.99. The Hall–Kier alpha value is -1.06. The van der Waals surface area contributed by atoms with Crippen LogP contribution in [0.5, 0.6) is 0 Å². The molecule has 1 fully saturated rings. The van der Waals surface area contributed by atoms with Crippen molar-refractivity contribution in [2.75, 3.05) is 5.23 Å². The van der Waals surface area contributed by atoms with E-state index in [-0.39, 0.29) is 5.23 Å². The van der Waals surface area contributed by atoms with Gasteiger partial charge in [0.1, 0.15) is 0 Å². The first-order chi connectivity index (χ1) is 8.20. The molecule has 0 aromatic heterocycles. The average Bonchev–Trinajstić information content (AvgIpc) is 2.39. The van der Waals surface area contributed by atoms with E-state index in [1.165, 1.54) is 37.7 Å². The Morgan fingerprint density at radius 1 is 1.06 bits per heavy atom. The predicted octanol–water partition coefficient (Wildman–Crippen LogP) is 3.96. The molecule has 1 aliphatic carbocycles. The molecule has 2 N–H and O–H groups in total. The number of nitrogens with zero attached hydrogens (tertiary/aromatic N) is 1. The second kappa shape index (κ2) is 5.52. The van der Waals surface area contributed by atoms with Crippen LogP contribution in [0.2, 0.25) is 0 Å². The maximum atomic E-state index is 8.88. The molecule has 2 rings (SSSR count). The van der Waals surface area contributed by atoms with Gasteiger partial charge in [0.15, 0.2) is 0 Å². The molecule has 1 aromatic carbocycles. The Bertz CT molecular complexity index is 340. The predicted molar refractivity (Wildman–Crippen MR) is 67.5 cm³/mol. The Labute approximate surface area is 103 Å². The van der Waals surface area contributed by atoms with E-state index in [1.807, 2.05) is 12.1 Å². The van der Waals surface area contributed by atoms with Crippen LogP contribution in [0.1, 0.15) is 50.5 Å². The zero-order valence-electron chi connectivity index (χ0n) is 10.3. The summed E-state index contributed by atoms with van der Waals surface area (Å²) in [6.45, 7) is 2.27. The lowest BCUT2D eigenvalue weighted by molar-refractivity contribution is 0.0291. The summed E-state index contributed by atoms with van der Waals surface area (Å²) in [6, 6.07) is 7.51. The monoisotopic (exact) mass is 235 g/mol. The highest BCUT2D eigenvalue weighted by Gasteiger charge is 2.21. The molecule has 1 aliphatic rings. The first-order valence-corrected chi connectivity index (χ1v) is 6.48. The summed E-state index contributed by atoms with van der Waals surface area (Å²) in [5.74, 6) is 1.56. The number of rotatable bonds is 3. The number of hydrogen-bond acceptors (Lipinski definition) is 3. The molecule has 0 atom stereocenters. The first kappa shape index (κ1) is 12.4. The van der Waals surface area contributed by atoms with Gasteiger partial charge in [-0.1, -0.05) is 25.5 Å². The summed E-state index contributed by atoms with van der Waals surface area (Å²) in [4.78, 5) is 0. The van der Waals surface area contributed by atoms with Crippen molar-refractivity contribution in [1.29, 1.82) is 0 Å². The molecule has 17 heavy (non-hydrogen) atoms. The molecule has 94 valence electrons. The molecule has 1 saturated carbocycles. The molecule has 0 spiro atoms. The van der Waals surface area contributed by atoms with Crippen LogP contribution in [0.15, 0.2) is 24.3 Å². The van der Waals surface area contributed by atoms with E-state index in [0.717, 1.165) is 5.92 Å². The van der Waals surface area contributed by atoms with Gasteiger partial charge in [-0.3, -0.25) is 10.4 Å². The Kier molecular flexibility index (Phi) is 4.02. The second-order valence-corrected chi connectivity index (χ2v) is 5.01. The van der Waals surface area contributed by atoms with Crippen molar-refractivity contribution in [1.82, 2.24) is 0 Å². The van der Waals surface area contributed by atoms with Crippen molar-refractivity contribution in [3.63, 3.8) is 0 Å². The van der Waals surface area contributed by atoms with Gasteiger partial charge in [-0.05, 0) is 55.2 Å². The fourth-order valence-corrected chi connectivity index (χ4v) is 2.78. The zero-order chi connectivity index (χ0) is 12.3. The largest absolute Gasteiger partial charge is 0.264 e. The van der Waals surface area contributed by atoms with Crippen LogP contribution < -0.4 is 5.23 Å². The molecule has 3 nitrogen and oxygen atoms in total. The van der Waals surface area contributed by atoms with E-state index in [0.29, 0.717) is 11.6 Å². The van der Waals surface area contributed by atoms with E-state index in [2.05, 4.69) is 6.92 Å². The number of hydrogen-bond donors (Lipinski definition) is 2. The maximum Gasteiger partial charge on any atom is 0.0942 e. The van der Waals surface area contributed by atoms with Crippen LogP contribution in [0.3, 0.4) is 0 Å². The number of anilines is 1. The fourth-order valence-electron chi connectivity index (χ4n) is 2.78. The maximum absolute atomic E-state index is 8.88. The highest BCUT2D eigenvalue weighted by atomic mass is 16.8. The summed E-state index contributed by atoms with van der Waals surface area (Å²) in [5, 5.41) is 17.9. The molecular weight excluding hydrogens is 214 g/mol. The molecule has 0 bridgehead atoms. The minimum Gasteiger partial charge on any atom is -0.264 e. The van der Waals surface area contributed by atoms with Crippen LogP contribution >= 0.6 is 0 Å². The Morgan fingerprint density at radius 2 is 1.65 bits per heavy atom. The summed E-state index contributed by atoms with van der Waals surface area (Å²) in [6.07, 6.45) is 6.49. The van der Waals surface area contributed by atoms with Gasteiger partial charge in [-0.2, -0.15) is 0 Å². The van der Waals surface area contributed by atoms with E-state index in [1.54, 1.807) is 12.1 Å². The third-order valence-corrected chi connectivity index (χ3v) is 4.02. The van der Waals surface area contributed by atoms with E-state index in [9.17, 15) is 0 Å². The van der Waals surface area contributed by atoms with Gasteiger partial charge in [0.25, 0.3) is 0 Å². The van der Waals surface area contributed by atoms with Crippen LogP contribution in [-0.4, -0.2) is 10.4 Å². The lowest BCUT2D eigenvalue weighted by atomic mass is 9.78. The molecule has 0 radical (unpaired) electrons. The normalized spacial score (nSPS) is 24.6. The average molecular weight is 235 g/mol. The molecule has 0 amide bonds. The Balaban J connectivity index is 1.99. The molecule has 1 aromatic rings. The van der Waals surface area contributed by atoms with Crippen LogP contribution in [0, 0.1) is 5.92 Å². The van der Waals surface area contributed by atoms with Gasteiger partial charge in [0.05, 0.1) is 5.69 Å². The number of benzene rings is 1. The lowest BCUT2D eigenvalue weighted by Gasteiger charge is -2.28. The summed E-state index contributed by atoms with van der Waals surface area (Å²) < 4.78 is 0. The summed E-state index contributed by atoms with van der Waals surface area (Å²) in [7, 11) is 0. The second-order valence-electron chi connectivity index (χ2n) is 5.01. The highest BCUT2D eigenvalue weighted by Crippen LogP contribution is 2.37. The van der Waals surface area contributed by atoms with Crippen LogP contribution in [0.25, 0.3) is 0 Å². The van der Waals surface area contributed by atoms with Crippen molar-refractivity contribution >= 4 is 5.69 Å². The lowest BCUT2D eigenvalue weighted by Crippen LogP contribution is -2.13. The third-order valence-electron chi connectivity index (χ3n) is 4.02. The van der Waals surface area contributed by atoms with Crippen molar-refractivity contribution in [3.05, 3.63) is 29.8 Å². The minimum atomic E-state index is 0.164. The van der Waals surface area contributed by atoms with E-state index in [4.69, 9.17) is 10.4 Å². The molecule has 0 aliphatic heterocycles. The molecule has 0 saturated heterocycles. The molecule has 3 heteroatoms. The fraction of sp³-hybridized carbons (Fsp3) is 0.571. The van der Waals surface area contributed by atoms with Gasteiger partial charge in [-0.25, -0.2) is 0 Å². The van der Waals surface area contributed by atoms with Crippen LogP contribution in [0.4, 0.5) is 5.69 Å². The van der Waals surface area contributed by atoms with Gasteiger partial charge in [-0.15, -0.1) is 5.23 Å². The van der Waals surface area contributed by atoms with Gasteiger partial charge >= 0.3 is 0 Å². The smallest absolute Gasteiger partial charge is 0.0942 e. The van der Waals surface area contributed by atoms with Crippen molar-refractivity contribution in [2.24, 2.45) is 5.92 Å². The van der Waals surface area contributed by atoms with Gasteiger partial charge in [0.2, 0.25) is 0 Å². The molecule has 0 heterocycles. The SMILES string of the molecule is CC[C@H]1CC[C@H](c2ccc(N(O)O)cc2)CC1. The van der Waals surface area contributed by atoms with Crippen molar-refractivity contribution in [2.45, 2.75) is 44.9 Å². The van der Waals surface area contributed by atoms with E-state index < -0.39 is 0 Å². The van der Waals surface area contributed by atoms with Crippen molar-refractivity contribution in [3.8, 4) is 0 Å². The summed E-state index contributed by atoms with van der Waals surface area (Å²) >= 11 is 0. The Morgan fingerprint density at radius 3 is 2.12 bits per heavy atom. The first-order valence-electron chi connectivity index (χ1n) is 6.48. The quantitative estimate of drug-likeness (QED) is 0.779. The molecular formula is C14H21NO2. The molecule has 0 unspecified atom stereocenters. The van der Waals surface area contributed by atoms with Gasteiger partial charge < -0.3 is 0 Å². The highest BCUT2D eigenvalue weighted by molar-refractivity contribution is 5.43. The van der Waals surface area contributed by atoms with E-state index >= 15 is 0 Å².